The number of anilines is 2. The van der Waals surface area contributed by atoms with E-state index in [4.69, 9.17) is 11.6 Å². The summed E-state index contributed by atoms with van der Waals surface area (Å²) in [7, 11) is -4.17. The van der Waals surface area contributed by atoms with Gasteiger partial charge in [-0.05, 0) is 66.2 Å². The normalized spacial score (nSPS) is 15.7. The third-order valence-electron chi connectivity index (χ3n) is 6.06. The van der Waals surface area contributed by atoms with Crippen LogP contribution >= 0.6 is 11.6 Å². The van der Waals surface area contributed by atoms with Gasteiger partial charge in [0.25, 0.3) is 5.91 Å². The lowest BCUT2D eigenvalue weighted by atomic mass is 10.1. The molecule has 0 bridgehead atoms. The number of aromatic nitrogens is 2. The molecular formula is C27H22ClN5O4S. The van der Waals surface area contributed by atoms with Crippen molar-refractivity contribution in [3.8, 4) is 0 Å². The van der Waals surface area contributed by atoms with Gasteiger partial charge in [0, 0.05) is 47.3 Å². The summed E-state index contributed by atoms with van der Waals surface area (Å²) in [6, 6.07) is 19.8. The second-order valence-electron chi connectivity index (χ2n) is 8.58. The second kappa shape index (κ2) is 10.7. The molecule has 11 heteroatoms. The molecule has 2 aromatic heterocycles. The van der Waals surface area contributed by atoms with Crippen molar-refractivity contribution in [2.24, 2.45) is 0 Å². The van der Waals surface area contributed by atoms with Crippen LogP contribution in [0.3, 0.4) is 0 Å². The highest BCUT2D eigenvalue weighted by Crippen LogP contribution is 2.31. The van der Waals surface area contributed by atoms with Crippen molar-refractivity contribution < 1.29 is 18.0 Å². The van der Waals surface area contributed by atoms with Crippen LogP contribution in [0, 0.1) is 0 Å². The van der Waals surface area contributed by atoms with Crippen molar-refractivity contribution in [3.05, 3.63) is 113 Å². The van der Waals surface area contributed by atoms with Crippen molar-refractivity contribution in [2.75, 3.05) is 10.6 Å². The fourth-order valence-electron chi connectivity index (χ4n) is 4.13. The molecule has 2 N–H and O–H groups in total. The number of carbonyl (C=O) groups is 2. The molecule has 5 rings (SSSR count). The van der Waals surface area contributed by atoms with Crippen LogP contribution in [0.2, 0.25) is 5.02 Å². The van der Waals surface area contributed by atoms with Crippen LogP contribution < -0.4 is 10.6 Å². The molecule has 9 nitrogen and oxygen atoms in total. The smallest absolute Gasteiger partial charge is 0.256 e. The molecule has 1 aliphatic heterocycles. The van der Waals surface area contributed by atoms with E-state index in [2.05, 4.69) is 20.6 Å². The number of carbonyl (C=O) groups excluding carboxylic acids is 2. The van der Waals surface area contributed by atoms with Crippen LogP contribution in [0.5, 0.6) is 0 Å². The van der Waals surface area contributed by atoms with E-state index < -0.39 is 27.9 Å². The lowest BCUT2D eigenvalue weighted by molar-refractivity contribution is -0.119. The highest BCUT2D eigenvalue weighted by atomic mass is 35.5. The van der Waals surface area contributed by atoms with E-state index in [9.17, 15) is 18.0 Å². The van der Waals surface area contributed by atoms with E-state index in [0.29, 0.717) is 27.8 Å². The first-order chi connectivity index (χ1) is 18.3. The minimum atomic E-state index is -4.17. The fraction of sp³-hybridized carbons (Fsp3) is 0.111. The summed E-state index contributed by atoms with van der Waals surface area (Å²) in [5.41, 5.74) is 1.88. The number of hydrogen-bond acceptors (Lipinski definition) is 6. The Morgan fingerprint density at radius 3 is 2.42 bits per heavy atom. The molecule has 0 spiro atoms. The van der Waals surface area contributed by atoms with Crippen LogP contribution in [-0.2, 0) is 27.8 Å². The maximum Gasteiger partial charge on any atom is 0.256 e. The molecule has 2 aromatic carbocycles. The van der Waals surface area contributed by atoms with Gasteiger partial charge in [0.1, 0.15) is 11.9 Å². The quantitative estimate of drug-likeness (QED) is 0.374. The second-order valence-corrected chi connectivity index (χ2v) is 10.9. The Labute approximate surface area is 224 Å². The largest absolute Gasteiger partial charge is 0.324 e. The van der Waals surface area contributed by atoms with E-state index in [-0.39, 0.29) is 23.4 Å². The van der Waals surface area contributed by atoms with Gasteiger partial charge in [-0.2, -0.15) is 4.31 Å². The molecule has 38 heavy (non-hydrogen) atoms. The molecule has 0 radical (unpaired) electrons. The Bertz CT molecular complexity index is 1580. The number of rotatable bonds is 6. The highest BCUT2D eigenvalue weighted by molar-refractivity contribution is 7.89. The number of nitrogens with one attached hydrogen (secondary N) is 2. The minimum absolute atomic E-state index is 0.0527. The highest BCUT2D eigenvalue weighted by Gasteiger charge is 2.39. The molecular weight excluding hydrogens is 526 g/mol. The first-order valence-corrected chi connectivity index (χ1v) is 13.5. The Kier molecular flexibility index (Phi) is 7.19. The lowest BCUT2D eigenvalue weighted by Crippen LogP contribution is -2.46. The standard InChI is InChI=1S/C27H22ClN5O4S/c28-20-10-7-19-17-33(24(27(35)31-23(19)15-20)16-21-5-1-3-13-29-21)38(36,37)22-11-8-18(9-12-22)26(34)32-25-6-2-4-14-30-25/h1-15,24H,16-17H2,(H,31,35)(H,30,32,34)/t24-/m1/s1. The van der Waals surface area contributed by atoms with Gasteiger partial charge in [-0.15, -0.1) is 0 Å². The summed E-state index contributed by atoms with van der Waals surface area (Å²) in [6.07, 6.45) is 3.21. The number of fused-ring (bicyclic) bond motifs is 1. The maximum absolute atomic E-state index is 13.9. The van der Waals surface area contributed by atoms with Gasteiger partial charge in [0.15, 0.2) is 0 Å². The molecule has 1 aliphatic rings. The van der Waals surface area contributed by atoms with Gasteiger partial charge in [-0.25, -0.2) is 13.4 Å². The summed E-state index contributed by atoms with van der Waals surface area (Å²) in [4.78, 5) is 34.2. The summed E-state index contributed by atoms with van der Waals surface area (Å²) in [5, 5.41) is 5.90. The minimum Gasteiger partial charge on any atom is -0.324 e. The van der Waals surface area contributed by atoms with Crippen molar-refractivity contribution in [1.29, 1.82) is 0 Å². The van der Waals surface area contributed by atoms with Crippen LogP contribution in [0.25, 0.3) is 0 Å². The average Bonchev–Trinajstić information content (AvgIpc) is 3.06. The number of hydrogen-bond donors (Lipinski definition) is 2. The van der Waals surface area contributed by atoms with Gasteiger partial charge < -0.3 is 10.6 Å². The Balaban J connectivity index is 1.48. The summed E-state index contributed by atoms with van der Waals surface area (Å²) in [5.74, 6) is -0.548. The monoisotopic (exact) mass is 547 g/mol. The van der Waals surface area contributed by atoms with Crippen molar-refractivity contribution >= 4 is 44.9 Å². The molecule has 0 saturated carbocycles. The average molecular weight is 548 g/mol. The Morgan fingerprint density at radius 1 is 1.00 bits per heavy atom. The molecule has 4 aromatic rings. The molecule has 192 valence electrons. The number of halogens is 1. The number of nitrogens with zero attached hydrogens (tertiary/aromatic N) is 3. The number of sulfonamides is 1. The van der Waals surface area contributed by atoms with Crippen molar-refractivity contribution in [1.82, 2.24) is 14.3 Å². The van der Waals surface area contributed by atoms with Gasteiger partial charge in [-0.1, -0.05) is 29.8 Å². The van der Waals surface area contributed by atoms with E-state index in [0.717, 1.165) is 0 Å². The molecule has 3 heterocycles. The summed E-state index contributed by atoms with van der Waals surface area (Å²) in [6.45, 7) is -0.0625. The molecule has 1 atom stereocenters. The third-order valence-corrected chi connectivity index (χ3v) is 8.17. The van der Waals surface area contributed by atoms with Crippen LogP contribution in [0.15, 0.2) is 96.2 Å². The van der Waals surface area contributed by atoms with E-state index in [1.54, 1.807) is 67.0 Å². The molecule has 0 fully saturated rings. The fourth-order valence-corrected chi connectivity index (χ4v) is 5.87. The van der Waals surface area contributed by atoms with Crippen LogP contribution in [0.1, 0.15) is 21.6 Å². The predicted octanol–water partition coefficient (Wildman–Crippen LogP) is 4.14. The Hall–Kier alpha value is -4.12. The summed E-state index contributed by atoms with van der Waals surface area (Å²) < 4.78 is 29.0. The number of benzene rings is 2. The van der Waals surface area contributed by atoms with Crippen LogP contribution in [0.4, 0.5) is 11.5 Å². The van der Waals surface area contributed by atoms with Crippen molar-refractivity contribution in [2.45, 2.75) is 23.9 Å². The van der Waals surface area contributed by atoms with Crippen molar-refractivity contribution in [3.63, 3.8) is 0 Å². The van der Waals surface area contributed by atoms with Gasteiger partial charge in [0.2, 0.25) is 15.9 Å². The van der Waals surface area contributed by atoms with Gasteiger partial charge in [-0.3, -0.25) is 14.6 Å². The van der Waals surface area contributed by atoms with Gasteiger partial charge in [0.05, 0.1) is 4.90 Å². The zero-order valence-electron chi connectivity index (χ0n) is 19.9. The topological polar surface area (TPSA) is 121 Å². The van der Waals surface area contributed by atoms with Crippen LogP contribution in [-0.4, -0.2) is 40.5 Å². The zero-order valence-corrected chi connectivity index (χ0v) is 21.5. The molecule has 2 amide bonds. The SMILES string of the molecule is O=C(Nc1ccccn1)c1ccc(S(=O)(=O)N2Cc3ccc(Cl)cc3NC(=O)[C@H]2Cc2ccccn2)cc1. The zero-order chi connectivity index (χ0) is 26.7. The first kappa shape index (κ1) is 25.5. The molecule has 0 aliphatic carbocycles. The summed E-state index contributed by atoms with van der Waals surface area (Å²) >= 11 is 6.13. The predicted molar refractivity (Wildman–Crippen MR) is 143 cm³/mol. The first-order valence-electron chi connectivity index (χ1n) is 11.6. The third kappa shape index (κ3) is 5.42. The Morgan fingerprint density at radius 2 is 1.74 bits per heavy atom. The van der Waals surface area contributed by atoms with Gasteiger partial charge >= 0.3 is 0 Å². The maximum atomic E-state index is 13.9. The molecule has 0 unspecified atom stereocenters. The number of pyridine rings is 2. The van der Waals surface area contributed by atoms with E-state index in [1.165, 1.54) is 28.6 Å². The van der Waals surface area contributed by atoms with E-state index in [1.807, 2.05) is 0 Å². The number of amides is 2. The molecule has 0 saturated heterocycles. The van der Waals surface area contributed by atoms with E-state index >= 15 is 0 Å². The lowest BCUT2D eigenvalue weighted by Gasteiger charge is -2.27.